The molecule has 3 aromatic rings. The highest BCUT2D eigenvalue weighted by atomic mass is 35.5. The molecule has 0 aliphatic heterocycles. The van der Waals surface area contributed by atoms with Crippen LogP contribution in [0.4, 0.5) is 0 Å². The van der Waals surface area contributed by atoms with E-state index >= 15 is 0 Å². The molecule has 36 heavy (non-hydrogen) atoms. The number of benzene rings is 2. The summed E-state index contributed by atoms with van der Waals surface area (Å²) in [5, 5.41) is 7.90. The fraction of sp³-hybridized carbons (Fsp3) is 0.160. The van der Waals surface area contributed by atoms with E-state index in [0.717, 1.165) is 0 Å². The Morgan fingerprint density at radius 1 is 0.944 bits per heavy atom. The highest BCUT2D eigenvalue weighted by molar-refractivity contribution is 6.31. The van der Waals surface area contributed by atoms with E-state index in [4.69, 9.17) is 32.7 Å². The Hall–Kier alpha value is -3.95. The van der Waals surface area contributed by atoms with E-state index in [0.29, 0.717) is 26.9 Å². The van der Waals surface area contributed by atoms with Gasteiger partial charge in [0.2, 0.25) is 5.75 Å². The van der Waals surface area contributed by atoms with Crippen molar-refractivity contribution in [2.24, 2.45) is 5.10 Å². The van der Waals surface area contributed by atoms with Gasteiger partial charge in [0.05, 0.1) is 12.8 Å². The quantitative estimate of drug-likeness (QED) is 0.259. The largest absolute Gasteiger partial charge is 0.493 e. The summed E-state index contributed by atoms with van der Waals surface area (Å²) in [6, 6.07) is 14.3. The molecule has 0 fully saturated rings. The summed E-state index contributed by atoms with van der Waals surface area (Å²) < 4.78 is 10.2. The van der Waals surface area contributed by atoms with Crippen LogP contribution in [0.2, 0.25) is 10.0 Å². The van der Waals surface area contributed by atoms with Crippen LogP contribution in [0, 0.1) is 0 Å². The molecule has 2 amide bonds. The Morgan fingerprint density at radius 2 is 1.50 bits per heavy atom. The molecule has 11 heteroatoms. The standard InChI is InChI=1S/C25H22Cl2N4O5/c1-14(29-25(34)22-23(36-15(2)32)20(35-3)12-13-28-22)24(33)31-30-21(16-4-8-18(26)9-5-16)17-6-10-19(27)11-7-17/h4-14H,1-3H3,(H,29,34)(H,31,33)/t14-/m0/s1. The van der Waals surface area contributed by atoms with Gasteiger partial charge in [-0.25, -0.2) is 10.4 Å². The van der Waals surface area contributed by atoms with Crippen LogP contribution in [-0.4, -0.2) is 41.6 Å². The fourth-order valence-electron chi connectivity index (χ4n) is 3.05. The number of methoxy groups -OCH3 is 1. The first-order valence-electron chi connectivity index (χ1n) is 10.6. The number of aromatic nitrogens is 1. The Bertz CT molecular complexity index is 1250. The summed E-state index contributed by atoms with van der Waals surface area (Å²) >= 11 is 12.0. The summed E-state index contributed by atoms with van der Waals surface area (Å²) in [5.74, 6) is -2.01. The second kappa shape index (κ2) is 12.1. The summed E-state index contributed by atoms with van der Waals surface area (Å²) in [4.78, 5) is 41.0. The number of carbonyl (C=O) groups excluding carboxylic acids is 3. The van der Waals surface area contributed by atoms with Gasteiger partial charge in [-0.2, -0.15) is 5.10 Å². The SMILES string of the molecule is COc1ccnc(C(=O)N[C@@H](C)C(=O)NN=C(c2ccc(Cl)cc2)c2ccc(Cl)cc2)c1OC(C)=O. The summed E-state index contributed by atoms with van der Waals surface area (Å²) in [6.45, 7) is 2.65. The molecule has 1 aromatic heterocycles. The number of halogens is 2. The van der Waals surface area contributed by atoms with Crippen molar-refractivity contribution in [3.63, 3.8) is 0 Å². The number of pyridine rings is 1. The molecule has 1 atom stereocenters. The van der Waals surface area contributed by atoms with E-state index in [1.165, 1.54) is 33.2 Å². The topological polar surface area (TPSA) is 119 Å². The number of esters is 1. The van der Waals surface area contributed by atoms with E-state index in [2.05, 4.69) is 20.8 Å². The molecule has 186 valence electrons. The monoisotopic (exact) mass is 528 g/mol. The molecular weight excluding hydrogens is 507 g/mol. The van der Waals surface area contributed by atoms with Gasteiger partial charge in [0, 0.05) is 40.4 Å². The maximum atomic E-state index is 12.8. The molecule has 0 aliphatic carbocycles. The zero-order chi connectivity index (χ0) is 26.2. The van der Waals surface area contributed by atoms with Crippen LogP contribution in [0.1, 0.15) is 35.5 Å². The van der Waals surface area contributed by atoms with Crippen LogP contribution in [0.25, 0.3) is 0 Å². The number of ether oxygens (including phenoxy) is 2. The molecule has 0 bridgehead atoms. The minimum absolute atomic E-state index is 0.141. The van der Waals surface area contributed by atoms with E-state index < -0.39 is 23.8 Å². The first kappa shape index (κ1) is 26.7. The molecule has 2 aromatic carbocycles. The second-order valence-electron chi connectivity index (χ2n) is 7.43. The van der Waals surface area contributed by atoms with Gasteiger partial charge < -0.3 is 14.8 Å². The Morgan fingerprint density at radius 3 is 2.00 bits per heavy atom. The Balaban J connectivity index is 1.80. The van der Waals surface area contributed by atoms with Crippen LogP contribution in [-0.2, 0) is 9.59 Å². The third kappa shape index (κ3) is 6.80. The maximum Gasteiger partial charge on any atom is 0.308 e. The third-order valence-electron chi connectivity index (χ3n) is 4.80. The van der Waals surface area contributed by atoms with Crippen LogP contribution < -0.4 is 20.2 Å². The Kier molecular flexibility index (Phi) is 8.99. The normalized spacial score (nSPS) is 11.1. The van der Waals surface area contributed by atoms with Gasteiger partial charge in [0.1, 0.15) is 6.04 Å². The fourth-order valence-corrected chi connectivity index (χ4v) is 3.30. The second-order valence-corrected chi connectivity index (χ2v) is 8.30. The van der Waals surface area contributed by atoms with E-state index in [-0.39, 0.29) is 17.2 Å². The molecular formula is C25H22Cl2N4O5. The molecule has 0 saturated heterocycles. The molecule has 1 heterocycles. The smallest absolute Gasteiger partial charge is 0.308 e. The number of carbonyl (C=O) groups is 3. The van der Waals surface area contributed by atoms with Crippen LogP contribution in [0.5, 0.6) is 11.5 Å². The molecule has 3 rings (SSSR count). The highest BCUT2D eigenvalue weighted by Gasteiger charge is 2.24. The third-order valence-corrected chi connectivity index (χ3v) is 5.31. The molecule has 0 radical (unpaired) electrons. The van der Waals surface area contributed by atoms with Crippen LogP contribution in [0.3, 0.4) is 0 Å². The number of nitrogens with zero attached hydrogens (tertiary/aromatic N) is 2. The number of hydrogen-bond donors (Lipinski definition) is 2. The predicted molar refractivity (Wildman–Crippen MR) is 136 cm³/mol. The number of nitrogens with one attached hydrogen (secondary N) is 2. The van der Waals surface area contributed by atoms with Crippen molar-refractivity contribution in [3.8, 4) is 11.5 Å². The lowest BCUT2D eigenvalue weighted by Gasteiger charge is -2.15. The summed E-state index contributed by atoms with van der Waals surface area (Å²) in [7, 11) is 1.36. The maximum absolute atomic E-state index is 12.8. The van der Waals surface area contributed by atoms with Gasteiger partial charge in [0.25, 0.3) is 11.8 Å². The van der Waals surface area contributed by atoms with Gasteiger partial charge in [-0.15, -0.1) is 0 Å². The molecule has 0 aliphatic rings. The van der Waals surface area contributed by atoms with E-state index in [1.54, 1.807) is 48.5 Å². The van der Waals surface area contributed by atoms with Crippen molar-refractivity contribution in [2.45, 2.75) is 19.9 Å². The predicted octanol–water partition coefficient (Wildman–Crippen LogP) is 4.01. The zero-order valence-corrected chi connectivity index (χ0v) is 21.1. The lowest BCUT2D eigenvalue weighted by Crippen LogP contribution is -2.44. The molecule has 9 nitrogen and oxygen atoms in total. The molecule has 0 saturated carbocycles. The minimum atomic E-state index is -1.02. The summed E-state index contributed by atoms with van der Waals surface area (Å²) in [5.41, 5.74) is 4.12. The van der Waals surface area contributed by atoms with Gasteiger partial charge in [-0.05, 0) is 31.2 Å². The number of hydrogen-bond acceptors (Lipinski definition) is 7. The van der Waals surface area contributed by atoms with Gasteiger partial charge in [-0.1, -0.05) is 47.5 Å². The average Bonchev–Trinajstić information content (AvgIpc) is 2.85. The lowest BCUT2D eigenvalue weighted by atomic mass is 10.0. The van der Waals surface area contributed by atoms with Crippen LogP contribution in [0.15, 0.2) is 65.9 Å². The average molecular weight is 529 g/mol. The number of hydrazone groups is 1. The van der Waals surface area contributed by atoms with Gasteiger partial charge in [0.15, 0.2) is 11.4 Å². The lowest BCUT2D eigenvalue weighted by molar-refractivity contribution is -0.132. The summed E-state index contributed by atoms with van der Waals surface area (Å²) in [6.07, 6.45) is 1.32. The number of amides is 2. The van der Waals surface area contributed by atoms with Crippen molar-refractivity contribution in [1.82, 2.24) is 15.7 Å². The van der Waals surface area contributed by atoms with E-state index in [1.807, 2.05) is 0 Å². The molecule has 2 N–H and O–H groups in total. The van der Waals surface area contributed by atoms with Gasteiger partial charge >= 0.3 is 5.97 Å². The first-order chi connectivity index (χ1) is 17.2. The van der Waals surface area contributed by atoms with Crippen molar-refractivity contribution >= 4 is 46.7 Å². The first-order valence-corrected chi connectivity index (χ1v) is 11.4. The Labute approximate surface area is 217 Å². The number of rotatable bonds is 8. The highest BCUT2D eigenvalue weighted by Crippen LogP contribution is 2.29. The van der Waals surface area contributed by atoms with Crippen molar-refractivity contribution in [2.75, 3.05) is 7.11 Å². The minimum Gasteiger partial charge on any atom is -0.493 e. The van der Waals surface area contributed by atoms with Crippen LogP contribution >= 0.6 is 23.2 Å². The molecule has 0 unspecified atom stereocenters. The van der Waals surface area contributed by atoms with Crippen molar-refractivity contribution < 1.29 is 23.9 Å². The van der Waals surface area contributed by atoms with E-state index in [9.17, 15) is 14.4 Å². The van der Waals surface area contributed by atoms with Crippen molar-refractivity contribution in [1.29, 1.82) is 0 Å². The van der Waals surface area contributed by atoms with Crippen molar-refractivity contribution in [3.05, 3.63) is 87.7 Å². The molecule has 0 spiro atoms. The van der Waals surface area contributed by atoms with Gasteiger partial charge in [-0.3, -0.25) is 14.4 Å². The zero-order valence-electron chi connectivity index (χ0n) is 19.5.